The van der Waals surface area contributed by atoms with Crippen LogP contribution in [0.25, 0.3) is 0 Å². The third kappa shape index (κ3) is 4.66. The Morgan fingerprint density at radius 1 is 1.29 bits per heavy atom. The molecule has 0 aromatic rings. The Morgan fingerprint density at radius 2 is 1.94 bits per heavy atom. The zero-order valence-electron chi connectivity index (χ0n) is 11.6. The van der Waals surface area contributed by atoms with Gasteiger partial charge >= 0.3 is 5.97 Å². The Bertz CT molecular complexity index is 261. The van der Waals surface area contributed by atoms with Crippen LogP contribution in [0.2, 0.25) is 0 Å². The van der Waals surface area contributed by atoms with Crippen LogP contribution in [-0.4, -0.2) is 23.2 Å². The molecule has 0 saturated heterocycles. The summed E-state index contributed by atoms with van der Waals surface area (Å²) in [5.41, 5.74) is 0.424. The van der Waals surface area contributed by atoms with Crippen molar-refractivity contribution in [2.75, 3.05) is 0 Å². The van der Waals surface area contributed by atoms with Crippen LogP contribution in [-0.2, 0) is 4.79 Å². The lowest BCUT2D eigenvalue weighted by atomic mass is 9.85. The van der Waals surface area contributed by atoms with E-state index in [4.69, 9.17) is 0 Å². The van der Waals surface area contributed by atoms with E-state index in [-0.39, 0.29) is 5.92 Å². The summed E-state index contributed by atoms with van der Waals surface area (Å²) in [4.78, 5) is 11.2. The van der Waals surface area contributed by atoms with E-state index in [1.807, 2.05) is 13.8 Å². The van der Waals surface area contributed by atoms with Crippen molar-refractivity contribution < 1.29 is 9.90 Å². The number of carboxylic acids is 1. The minimum atomic E-state index is -0.719. The topological polar surface area (TPSA) is 49.3 Å². The van der Waals surface area contributed by atoms with Crippen molar-refractivity contribution in [3.8, 4) is 0 Å². The van der Waals surface area contributed by atoms with Gasteiger partial charge in [-0.3, -0.25) is 4.79 Å². The fraction of sp³-hybridized carbons (Fsp3) is 0.929. The molecule has 2 unspecified atom stereocenters. The lowest BCUT2D eigenvalue weighted by Gasteiger charge is -2.25. The van der Waals surface area contributed by atoms with Crippen LogP contribution in [0, 0.1) is 11.3 Å². The molecule has 1 saturated carbocycles. The average Bonchev–Trinajstić information content (AvgIpc) is 2.35. The first-order valence-electron chi connectivity index (χ1n) is 6.81. The molecule has 2 atom stereocenters. The van der Waals surface area contributed by atoms with Crippen LogP contribution < -0.4 is 5.32 Å². The molecule has 0 aromatic carbocycles. The molecule has 0 aliphatic heterocycles. The first-order valence-corrected chi connectivity index (χ1v) is 6.81. The maximum absolute atomic E-state index is 11.2. The molecule has 0 heterocycles. The first-order chi connectivity index (χ1) is 7.82. The summed E-state index contributed by atoms with van der Waals surface area (Å²) in [5, 5.41) is 12.5. The Hall–Kier alpha value is -0.570. The van der Waals surface area contributed by atoms with Gasteiger partial charge in [-0.05, 0) is 37.0 Å². The molecule has 3 nitrogen and oxygen atoms in total. The fourth-order valence-corrected chi connectivity index (χ4v) is 2.63. The van der Waals surface area contributed by atoms with E-state index in [9.17, 15) is 9.90 Å². The summed E-state index contributed by atoms with van der Waals surface area (Å²) >= 11 is 0. The number of carbonyl (C=O) groups is 1. The standard InChI is InChI=1S/C14H27NO2/c1-10(2)12(13(16)17)15-11-6-5-8-14(3,4)9-7-11/h10-12,15H,5-9H2,1-4H3,(H,16,17). The normalized spacial score (nSPS) is 26.5. The number of hydrogen-bond acceptors (Lipinski definition) is 2. The Labute approximate surface area is 105 Å². The molecular weight excluding hydrogens is 214 g/mol. The zero-order valence-corrected chi connectivity index (χ0v) is 11.6. The predicted molar refractivity (Wildman–Crippen MR) is 70.1 cm³/mol. The average molecular weight is 241 g/mol. The Morgan fingerprint density at radius 3 is 2.47 bits per heavy atom. The van der Waals surface area contributed by atoms with Gasteiger partial charge in [-0.15, -0.1) is 0 Å². The molecule has 1 fully saturated rings. The van der Waals surface area contributed by atoms with E-state index < -0.39 is 12.0 Å². The number of hydrogen-bond donors (Lipinski definition) is 2. The van der Waals surface area contributed by atoms with Gasteiger partial charge in [-0.2, -0.15) is 0 Å². The van der Waals surface area contributed by atoms with Gasteiger partial charge in [0.05, 0.1) is 0 Å². The van der Waals surface area contributed by atoms with Crippen molar-refractivity contribution in [3.63, 3.8) is 0 Å². The van der Waals surface area contributed by atoms with E-state index in [0.717, 1.165) is 12.8 Å². The summed E-state index contributed by atoms with van der Waals surface area (Å²) in [6.45, 7) is 8.55. The number of aliphatic carboxylic acids is 1. The number of carboxylic acid groups (broad SMARTS) is 1. The molecule has 1 rings (SSSR count). The maximum atomic E-state index is 11.2. The summed E-state index contributed by atoms with van der Waals surface area (Å²) in [7, 11) is 0. The Kier molecular flexibility index (Phi) is 4.99. The molecule has 0 amide bonds. The summed E-state index contributed by atoms with van der Waals surface area (Å²) in [5.74, 6) is -0.577. The molecule has 3 heteroatoms. The summed E-state index contributed by atoms with van der Waals surface area (Å²) < 4.78 is 0. The Balaban J connectivity index is 2.53. The van der Waals surface area contributed by atoms with Crippen LogP contribution in [0.3, 0.4) is 0 Å². The van der Waals surface area contributed by atoms with Gasteiger partial charge in [-0.25, -0.2) is 0 Å². The summed E-state index contributed by atoms with van der Waals surface area (Å²) in [6, 6.07) is -0.0264. The van der Waals surface area contributed by atoms with Crippen molar-refractivity contribution in [1.29, 1.82) is 0 Å². The highest BCUT2D eigenvalue weighted by molar-refractivity contribution is 5.73. The van der Waals surface area contributed by atoms with Gasteiger partial charge in [-0.1, -0.05) is 34.1 Å². The zero-order chi connectivity index (χ0) is 13.1. The van der Waals surface area contributed by atoms with Gasteiger partial charge < -0.3 is 10.4 Å². The second-order valence-corrected chi connectivity index (χ2v) is 6.52. The molecule has 0 bridgehead atoms. The van der Waals surface area contributed by atoms with Gasteiger partial charge in [0.25, 0.3) is 0 Å². The van der Waals surface area contributed by atoms with Crippen LogP contribution in [0.4, 0.5) is 0 Å². The van der Waals surface area contributed by atoms with E-state index >= 15 is 0 Å². The van der Waals surface area contributed by atoms with Crippen molar-refractivity contribution in [2.24, 2.45) is 11.3 Å². The van der Waals surface area contributed by atoms with Crippen molar-refractivity contribution >= 4 is 5.97 Å². The second kappa shape index (κ2) is 5.85. The van der Waals surface area contributed by atoms with Crippen LogP contribution in [0.15, 0.2) is 0 Å². The molecule has 0 aromatic heterocycles. The quantitative estimate of drug-likeness (QED) is 0.744. The minimum absolute atomic E-state index is 0.142. The van der Waals surface area contributed by atoms with E-state index in [1.54, 1.807) is 0 Å². The highest BCUT2D eigenvalue weighted by Gasteiger charge is 2.28. The lowest BCUT2D eigenvalue weighted by molar-refractivity contribution is -0.140. The van der Waals surface area contributed by atoms with E-state index in [2.05, 4.69) is 19.2 Å². The second-order valence-electron chi connectivity index (χ2n) is 6.52. The minimum Gasteiger partial charge on any atom is -0.480 e. The smallest absolute Gasteiger partial charge is 0.320 e. The first kappa shape index (κ1) is 14.5. The van der Waals surface area contributed by atoms with Crippen molar-refractivity contribution in [2.45, 2.75) is 71.9 Å². The fourth-order valence-electron chi connectivity index (χ4n) is 2.63. The summed E-state index contributed by atoms with van der Waals surface area (Å²) in [6.07, 6.45) is 5.86. The molecule has 17 heavy (non-hydrogen) atoms. The van der Waals surface area contributed by atoms with Crippen LogP contribution >= 0.6 is 0 Å². The predicted octanol–water partition coefficient (Wildman–Crippen LogP) is 3.04. The van der Waals surface area contributed by atoms with Gasteiger partial charge in [0.2, 0.25) is 0 Å². The van der Waals surface area contributed by atoms with E-state index in [1.165, 1.54) is 19.3 Å². The molecule has 1 aliphatic carbocycles. The number of rotatable bonds is 4. The highest BCUT2D eigenvalue weighted by atomic mass is 16.4. The molecule has 1 aliphatic rings. The molecule has 100 valence electrons. The third-order valence-electron chi connectivity index (χ3n) is 3.92. The SMILES string of the molecule is CC(C)C(NC1CCCC(C)(C)CC1)C(=O)O. The van der Waals surface area contributed by atoms with Gasteiger partial charge in [0.15, 0.2) is 0 Å². The van der Waals surface area contributed by atoms with E-state index in [0.29, 0.717) is 11.5 Å². The van der Waals surface area contributed by atoms with Crippen molar-refractivity contribution in [1.82, 2.24) is 5.32 Å². The third-order valence-corrected chi connectivity index (χ3v) is 3.92. The van der Waals surface area contributed by atoms with Gasteiger partial charge in [0, 0.05) is 6.04 Å². The highest BCUT2D eigenvalue weighted by Crippen LogP contribution is 2.33. The largest absolute Gasteiger partial charge is 0.480 e. The molecule has 0 radical (unpaired) electrons. The van der Waals surface area contributed by atoms with Crippen LogP contribution in [0.1, 0.15) is 59.8 Å². The molecule has 2 N–H and O–H groups in total. The van der Waals surface area contributed by atoms with Gasteiger partial charge in [0.1, 0.15) is 6.04 Å². The van der Waals surface area contributed by atoms with Crippen molar-refractivity contribution in [3.05, 3.63) is 0 Å². The van der Waals surface area contributed by atoms with Crippen LogP contribution in [0.5, 0.6) is 0 Å². The lowest BCUT2D eigenvalue weighted by Crippen LogP contribution is -2.46. The molecule has 0 spiro atoms. The molecular formula is C14H27NO2. The number of nitrogens with one attached hydrogen (secondary N) is 1. The maximum Gasteiger partial charge on any atom is 0.320 e. The monoisotopic (exact) mass is 241 g/mol.